The fourth-order valence-electron chi connectivity index (χ4n) is 11.6. The van der Waals surface area contributed by atoms with Gasteiger partial charge in [-0.3, -0.25) is 0 Å². The summed E-state index contributed by atoms with van der Waals surface area (Å²) in [7, 11) is 0. The Labute approximate surface area is 431 Å². The molecule has 0 saturated heterocycles. The lowest BCUT2D eigenvalue weighted by molar-refractivity contribution is 1.54. The maximum absolute atomic E-state index is 2.45. The third-order valence-electron chi connectivity index (χ3n) is 15.1. The molecule has 14 aromatic carbocycles. The molecule has 0 aromatic heterocycles. The average molecular weight is 937 g/mol. The van der Waals surface area contributed by atoms with Crippen LogP contribution >= 0.6 is 0 Å². The van der Waals surface area contributed by atoms with Crippen LogP contribution in [-0.4, -0.2) is 0 Å². The fourth-order valence-corrected chi connectivity index (χ4v) is 11.6. The molecule has 0 atom stereocenters. The van der Waals surface area contributed by atoms with E-state index in [0.717, 1.165) is 22.3 Å². The monoisotopic (exact) mass is 936 g/mol. The third kappa shape index (κ3) is 7.73. The maximum Gasteiger partial charge on any atom is -0.00201 e. The highest BCUT2D eigenvalue weighted by atomic mass is 14.2. The first-order valence-corrected chi connectivity index (χ1v) is 25.6. The highest BCUT2D eigenvalue weighted by Gasteiger charge is 2.21. The van der Waals surface area contributed by atoms with Crippen LogP contribution < -0.4 is 0 Å². The first-order chi connectivity index (χ1) is 36.7. The predicted molar refractivity (Wildman–Crippen MR) is 317 cm³/mol. The zero-order valence-electron chi connectivity index (χ0n) is 40.7. The Bertz CT molecular complexity index is 4120. The molecule has 0 unspecified atom stereocenters. The molecule has 74 heavy (non-hydrogen) atoms. The topological polar surface area (TPSA) is 0 Å². The minimum Gasteiger partial charge on any atom is -0.0622 e. The lowest BCUT2D eigenvalue weighted by atomic mass is 9.82. The molecule has 0 fully saturated rings. The molecule has 0 aliphatic rings. The van der Waals surface area contributed by atoms with E-state index in [1.807, 2.05) is 0 Å². The Morgan fingerprint density at radius 2 is 0.459 bits per heavy atom. The molecule has 0 N–H and O–H groups in total. The largest absolute Gasteiger partial charge is 0.0622 e. The Morgan fingerprint density at radius 1 is 0.135 bits per heavy atom. The van der Waals surface area contributed by atoms with Gasteiger partial charge in [0.05, 0.1) is 0 Å². The fraction of sp³-hybridized carbons (Fsp3) is 0. The average Bonchev–Trinajstić information content (AvgIpc) is 3.52. The van der Waals surface area contributed by atoms with Crippen LogP contribution in [0.2, 0.25) is 0 Å². The summed E-state index contributed by atoms with van der Waals surface area (Å²) in [6.45, 7) is 0. The van der Waals surface area contributed by atoms with E-state index in [4.69, 9.17) is 0 Å². The van der Waals surface area contributed by atoms with Gasteiger partial charge in [-0.05, 0) is 210 Å². The van der Waals surface area contributed by atoms with Crippen molar-refractivity contribution < 1.29 is 0 Å². The SMILES string of the molecule is c1ccc(-c2cc(-c3ccccc3)cc(-c3cc(-c4cc(-c5ccccc5)cc(-c5ccccc5)c4)cc(-c4c5ccccc5c(-c5cccc6c5ccc5cc7ccccc7cc56)c5ccccc45)c3)c2)cc1. The van der Waals surface area contributed by atoms with E-state index in [1.165, 1.54) is 121 Å². The van der Waals surface area contributed by atoms with Gasteiger partial charge in [0.15, 0.2) is 0 Å². The van der Waals surface area contributed by atoms with E-state index < -0.39 is 0 Å². The maximum atomic E-state index is 2.45. The summed E-state index contributed by atoms with van der Waals surface area (Å²) >= 11 is 0. The quantitative estimate of drug-likeness (QED) is 0.105. The molecule has 0 amide bonds. The number of hydrogen-bond acceptors (Lipinski definition) is 0. The van der Waals surface area contributed by atoms with Crippen molar-refractivity contribution in [1.29, 1.82) is 0 Å². The molecule has 14 aromatic rings. The number of rotatable bonds is 8. The van der Waals surface area contributed by atoms with Crippen molar-refractivity contribution in [1.82, 2.24) is 0 Å². The molecule has 0 heteroatoms. The lowest BCUT2D eigenvalue weighted by Crippen LogP contribution is -1.94. The highest BCUT2D eigenvalue weighted by Crippen LogP contribution is 2.48. The molecule has 0 aliphatic heterocycles. The van der Waals surface area contributed by atoms with Gasteiger partial charge in [-0.25, -0.2) is 0 Å². The second-order valence-corrected chi connectivity index (χ2v) is 19.6. The number of hydrogen-bond donors (Lipinski definition) is 0. The normalized spacial score (nSPS) is 11.5. The Morgan fingerprint density at radius 3 is 0.878 bits per heavy atom. The van der Waals surface area contributed by atoms with Crippen LogP contribution in [0.1, 0.15) is 0 Å². The van der Waals surface area contributed by atoms with E-state index in [1.54, 1.807) is 0 Å². The standard InChI is InChI=1S/C74H48/c1-5-20-49(21-6-1)56-39-57(50-22-7-2-8-23-50)42-60(41-56)62-45-63(61-43-58(51-24-9-3-10-25-51)40-59(44-61)52-26-11-4-12-27-52)47-64(46-62)73-68-30-15-17-32-70(68)74(71-33-18-16-31-69(71)73)67-35-19-34-65-66(67)37-36-55-38-53-28-13-14-29-54(53)48-72(55)65/h1-48H. The number of fused-ring (bicyclic) bond motifs is 6. The molecule has 0 bridgehead atoms. The van der Waals surface area contributed by atoms with Crippen LogP contribution in [0.15, 0.2) is 291 Å². The van der Waals surface area contributed by atoms with Gasteiger partial charge in [0, 0.05) is 0 Å². The van der Waals surface area contributed by atoms with Crippen molar-refractivity contribution in [2.45, 2.75) is 0 Å². The molecule has 0 saturated carbocycles. The van der Waals surface area contributed by atoms with E-state index >= 15 is 0 Å². The van der Waals surface area contributed by atoms with Crippen molar-refractivity contribution in [2.24, 2.45) is 0 Å². The third-order valence-corrected chi connectivity index (χ3v) is 15.1. The van der Waals surface area contributed by atoms with Crippen molar-refractivity contribution >= 4 is 53.9 Å². The van der Waals surface area contributed by atoms with Gasteiger partial charge in [-0.15, -0.1) is 0 Å². The first-order valence-electron chi connectivity index (χ1n) is 25.6. The molecule has 344 valence electrons. The lowest BCUT2D eigenvalue weighted by Gasteiger charge is -2.21. The Kier molecular flexibility index (Phi) is 10.6. The molecular formula is C74H48. The predicted octanol–water partition coefficient (Wildman–Crippen LogP) is 20.8. The summed E-state index contributed by atoms with van der Waals surface area (Å²) in [6.07, 6.45) is 0. The van der Waals surface area contributed by atoms with E-state index in [0.29, 0.717) is 0 Å². The summed E-state index contributed by atoms with van der Waals surface area (Å²) in [5, 5.41) is 12.5. The van der Waals surface area contributed by atoms with Crippen LogP contribution in [0.4, 0.5) is 0 Å². The van der Waals surface area contributed by atoms with Crippen LogP contribution in [0.5, 0.6) is 0 Å². The zero-order chi connectivity index (χ0) is 49.0. The molecule has 0 nitrogen and oxygen atoms in total. The van der Waals surface area contributed by atoms with Crippen LogP contribution in [-0.2, 0) is 0 Å². The Balaban J connectivity index is 1.05. The minimum absolute atomic E-state index is 1.16. The number of benzene rings is 14. The highest BCUT2D eigenvalue weighted by molar-refractivity contribution is 6.25. The summed E-state index contributed by atoms with van der Waals surface area (Å²) in [6, 6.07) is 108. The van der Waals surface area contributed by atoms with Gasteiger partial charge in [-0.1, -0.05) is 224 Å². The summed E-state index contributed by atoms with van der Waals surface area (Å²) < 4.78 is 0. The van der Waals surface area contributed by atoms with Crippen molar-refractivity contribution in [3.8, 4) is 89.0 Å². The molecule has 0 radical (unpaired) electrons. The van der Waals surface area contributed by atoms with Crippen LogP contribution in [0.25, 0.3) is 143 Å². The van der Waals surface area contributed by atoms with Gasteiger partial charge in [0.25, 0.3) is 0 Å². The molecule has 0 spiro atoms. The molecule has 0 aliphatic carbocycles. The summed E-state index contributed by atoms with van der Waals surface area (Å²) in [4.78, 5) is 0. The van der Waals surface area contributed by atoms with Crippen molar-refractivity contribution in [2.75, 3.05) is 0 Å². The van der Waals surface area contributed by atoms with Crippen LogP contribution in [0.3, 0.4) is 0 Å². The van der Waals surface area contributed by atoms with Gasteiger partial charge in [0.2, 0.25) is 0 Å². The first kappa shape index (κ1) is 43.2. The van der Waals surface area contributed by atoms with Crippen LogP contribution in [0, 0.1) is 0 Å². The molecule has 14 rings (SSSR count). The smallest absolute Gasteiger partial charge is 0.00201 e. The minimum atomic E-state index is 1.16. The van der Waals surface area contributed by atoms with Crippen molar-refractivity contribution in [3.63, 3.8) is 0 Å². The molecule has 0 heterocycles. The molecular weight excluding hydrogens is 889 g/mol. The second kappa shape index (κ2) is 18.2. The summed E-state index contributed by atoms with van der Waals surface area (Å²) in [5.41, 5.74) is 19.0. The van der Waals surface area contributed by atoms with Gasteiger partial charge < -0.3 is 0 Å². The van der Waals surface area contributed by atoms with E-state index in [-0.39, 0.29) is 0 Å². The van der Waals surface area contributed by atoms with E-state index in [2.05, 4.69) is 291 Å². The van der Waals surface area contributed by atoms with Gasteiger partial charge in [-0.2, -0.15) is 0 Å². The van der Waals surface area contributed by atoms with Gasteiger partial charge in [0.1, 0.15) is 0 Å². The summed E-state index contributed by atoms with van der Waals surface area (Å²) in [5.74, 6) is 0. The zero-order valence-corrected chi connectivity index (χ0v) is 40.7. The Hall–Kier alpha value is -9.62. The van der Waals surface area contributed by atoms with Crippen molar-refractivity contribution in [3.05, 3.63) is 291 Å². The van der Waals surface area contributed by atoms with Gasteiger partial charge >= 0.3 is 0 Å². The van der Waals surface area contributed by atoms with E-state index in [9.17, 15) is 0 Å². The second-order valence-electron chi connectivity index (χ2n) is 19.6.